The lowest BCUT2D eigenvalue weighted by Gasteiger charge is -2.26. The first kappa shape index (κ1) is 9.75. The van der Waals surface area contributed by atoms with Crippen molar-refractivity contribution in [2.45, 2.75) is 18.9 Å². The largest absolute Gasteiger partial charge is 0.392 e. The molecule has 2 aliphatic heterocycles. The lowest BCUT2D eigenvalue weighted by molar-refractivity contribution is -0.306. The van der Waals surface area contributed by atoms with Crippen LogP contribution < -0.4 is 5.32 Å². The Labute approximate surface area is 80.0 Å². The monoisotopic (exact) mass is 201 g/mol. The molecule has 6 heteroatoms. The van der Waals surface area contributed by atoms with Crippen LogP contribution in [0.5, 0.6) is 0 Å². The average Bonchev–Trinajstić information content (AvgIpc) is 2.53. The summed E-state index contributed by atoms with van der Waals surface area (Å²) in [7, 11) is 0. The van der Waals surface area contributed by atoms with Crippen molar-refractivity contribution < 1.29 is 24.8 Å². The Hall–Kier alpha value is -0.790. The van der Waals surface area contributed by atoms with Gasteiger partial charge in [0, 0.05) is 11.1 Å². The van der Waals surface area contributed by atoms with E-state index in [0.717, 1.165) is 0 Å². The van der Waals surface area contributed by atoms with Gasteiger partial charge in [-0.05, 0) is 6.92 Å². The van der Waals surface area contributed by atoms with Gasteiger partial charge < -0.3 is 10.2 Å². The summed E-state index contributed by atoms with van der Waals surface area (Å²) in [6.45, 7) is 0.743. The standard InChI is InChI=1S/C8H11NO5/c1-8-6(12)4(2-10)5(3-11)7(9-8)13-14-8/h7,9-11H,2-3H2,1H3. The molecule has 3 N–H and O–H groups in total. The fourth-order valence-corrected chi connectivity index (χ4v) is 1.63. The van der Waals surface area contributed by atoms with Crippen LogP contribution in [0.15, 0.2) is 11.1 Å². The smallest absolute Gasteiger partial charge is 0.216 e. The van der Waals surface area contributed by atoms with E-state index in [1.807, 2.05) is 0 Å². The Bertz CT molecular complexity index is 313. The first-order chi connectivity index (χ1) is 6.62. The number of Topliss-reactive ketones (excluding diaryl/α,β-unsaturated/α-hetero) is 1. The summed E-state index contributed by atoms with van der Waals surface area (Å²) in [5.41, 5.74) is -0.745. The maximum atomic E-state index is 11.7. The number of nitrogens with one attached hydrogen (secondary N) is 1. The molecule has 0 aliphatic carbocycles. The van der Waals surface area contributed by atoms with Crippen LogP contribution in [-0.4, -0.2) is 41.2 Å². The van der Waals surface area contributed by atoms with Gasteiger partial charge in [0.2, 0.25) is 11.5 Å². The van der Waals surface area contributed by atoms with Crippen LogP contribution in [0, 0.1) is 0 Å². The van der Waals surface area contributed by atoms with Crippen LogP contribution in [0.1, 0.15) is 6.92 Å². The number of aliphatic hydroxyl groups is 2. The summed E-state index contributed by atoms with van der Waals surface area (Å²) in [6.07, 6.45) is -0.648. The Balaban J connectivity index is 2.46. The van der Waals surface area contributed by atoms with Crippen molar-refractivity contribution in [3.8, 4) is 0 Å². The van der Waals surface area contributed by atoms with E-state index in [0.29, 0.717) is 5.57 Å². The SMILES string of the molecule is CC12NC(OO1)C(CO)=C(CO)C2=O. The summed E-state index contributed by atoms with van der Waals surface area (Å²) in [4.78, 5) is 21.4. The number of fused-ring (bicyclic) bond motifs is 2. The third-order valence-electron chi connectivity index (χ3n) is 2.46. The minimum absolute atomic E-state index is 0.163. The van der Waals surface area contributed by atoms with Crippen molar-refractivity contribution >= 4 is 5.78 Å². The molecule has 6 nitrogen and oxygen atoms in total. The molecule has 0 saturated carbocycles. The number of hydrogen-bond donors (Lipinski definition) is 3. The molecule has 2 unspecified atom stereocenters. The molecule has 2 rings (SSSR count). The van der Waals surface area contributed by atoms with Gasteiger partial charge in [-0.2, -0.15) is 0 Å². The molecule has 2 heterocycles. The van der Waals surface area contributed by atoms with Crippen LogP contribution in [0.25, 0.3) is 0 Å². The highest BCUT2D eigenvalue weighted by atomic mass is 17.2. The molecule has 2 atom stereocenters. The Morgan fingerprint density at radius 2 is 2.21 bits per heavy atom. The van der Waals surface area contributed by atoms with E-state index < -0.39 is 24.3 Å². The molecule has 1 fully saturated rings. The highest BCUT2D eigenvalue weighted by molar-refractivity contribution is 6.03. The maximum absolute atomic E-state index is 11.7. The van der Waals surface area contributed by atoms with Gasteiger partial charge in [0.25, 0.3) is 0 Å². The molecule has 0 radical (unpaired) electrons. The zero-order chi connectivity index (χ0) is 10.3. The fraction of sp³-hybridized carbons (Fsp3) is 0.625. The van der Waals surface area contributed by atoms with Gasteiger partial charge in [-0.15, -0.1) is 0 Å². The predicted molar refractivity (Wildman–Crippen MR) is 43.7 cm³/mol. The molecule has 78 valence electrons. The van der Waals surface area contributed by atoms with Crippen LogP contribution >= 0.6 is 0 Å². The number of hydrogen-bond acceptors (Lipinski definition) is 6. The van der Waals surface area contributed by atoms with Gasteiger partial charge in [-0.25, -0.2) is 15.1 Å². The number of rotatable bonds is 2. The highest BCUT2D eigenvalue weighted by Gasteiger charge is 2.51. The first-order valence-electron chi connectivity index (χ1n) is 4.23. The van der Waals surface area contributed by atoms with E-state index in [2.05, 4.69) is 5.32 Å². The summed E-state index contributed by atoms with van der Waals surface area (Å²) >= 11 is 0. The van der Waals surface area contributed by atoms with Gasteiger partial charge in [0.15, 0.2) is 6.23 Å². The molecule has 2 aliphatic rings. The number of carbonyl (C=O) groups is 1. The molecule has 0 spiro atoms. The van der Waals surface area contributed by atoms with E-state index in [-0.39, 0.29) is 12.2 Å². The third kappa shape index (κ3) is 1.13. The zero-order valence-corrected chi connectivity index (χ0v) is 7.61. The van der Waals surface area contributed by atoms with Gasteiger partial charge in [0.1, 0.15) is 0 Å². The number of carbonyl (C=O) groups excluding carboxylic acids is 1. The van der Waals surface area contributed by atoms with Crippen molar-refractivity contribution in [1.29, 1.82) is 0 Å². The van der Waals surface area contributed by atoms with Crippen molar-refractivity contribution in [3.05, 3.63) is 11.1 Å². The lowest BCUT2D eigenvalue weighted by atomic mass is 9.93. The first-order valence-corrected chi connectivity index (χ1v) is 4.23. The van der Waals surface area contributed by atoms with E-state index in [1.54, 1.807) is 0 Å². The molecular weight excluding hydrogens is 190 g/mol. The molecule has 0 aromatic rings. The molecular formula is C8H11NO5. The highest BCUT2D eigenvalue weighted by Crippen LogP contribution is 2.31. The maximum Gasteiger partial charge on any atom is 0.216 e. The van der Waals surface area contributed by atoms with Crippen LogP contribution in [0.3, 0.4) is 0 Å². The van der Waals surface area contributed by atoms with Crippen molar-refractivity contribution in [2.75, 3.05) is 13.2 Å². The fourth-order valence-electron chi connectivity index (χ4n) is 1.63. The second kappa shape index (κ2) is 3.11. The van der Waals surface area contributed by atoms with Gasteiger partial charge in [-0.1, -0.05) is 0 Å². The second-order valence-corrected chi connectivity index (χ2v) is 3.39. The van der Waals surface area contributed by atoms with E-state index >= 15 is 0 Å². The van der Waals surface area contributed by atoms with Gasteiger partial charge in [-0.3, -0.25) is 4.79 Å². The normalized spacial score (nSPS) is 36.8. The van der Waals surface area contributed by atoms with Crippen molar-refractivity contribution in [2.24, 2.45) is 0 Å². The minimum Gasteiger partial charge on any atom is -0.392 e. The summed E-state index contributed by atoms with van der Waals surface area (Å²) < 4.78 is 0. The molecule has 1 saturated heterocycles. The Morgan fingerprint density at radius 3 is 2.79 bits per heavy atom. The van der Waals surface area contributed by atoms with Gasteiger partial charge in [0.05, 0.1) is 13.2 Å². The number of aliphatic hydroxyl groups excluding tert-OH is 2. The quantitative estimate of drug-likeness (QED) is 0.468. The van der Waals surface area contributed by atoms with E-state index in [4.69, 9.17) is 20.0 Å². The Morgan fingerprint density at radius 1 is 1.50 bits per heavy atom. The third-order valence-corrected chi connectivity index (χ3v) is 2.46. The summed E-state index contributed by atoms with van der Waals surface area (Å²) in [6, 6.07) is 0. The molecule has 2 bridgehead atoms. The lowest BCUT2D eigenvalue weighted by Crippen LogP contribution is -2.54. The summed E-state index contributed by atoms with van der Waals surface area (Å²) in [5.74, 6) is -0.405. The average molecular weight is 201 g/mol. The molecule has 0 aromatic carbocycles. The molecule has 0 aromatic heterocycles. The van der Waals surface area contributed by atoms with E-state index in [9.17, 15) is 4.79 Å². The van der Waals surface area contributed by atoms with Crippen LogP contribution in [-0.2, 0) is 14.6 Å². The summed E-state index contributed by atoms with van der Waals surface area (Å²) in [5, 5.41) is 20.8. The molecule has 0 amide bonds. The van der Waals surface area contributed by atoms with E-state index in [1.165, 1.54) is 6.92 Å². The van der Waals surface area contributed by atoms with Crippen LogP contribution in [0.4, 0.5) is 0 Å². The second-order valence-electron chi connectivity index (χ2n) is 3.39. The minimum atomic E-state index is -1.23. The predicted octanol–water partition coefficient (Wildman–Crippen LogP) is -1.56. The zero-order valence-electron chi connectivity index (χ0n) is 7.61. The van der Waals surface area contributed by atoms with Gasteiger partial charge >= 0.3 is 0 Å². The van der Waals surface area contributed by atoms with Crippen LogP contribution in [0.2, 0.25) is 0 Å². The topological polar surface area (TPSA) is 88.0 Å². The number of ketones is 1. The van der Waals surface area contributed by atoms with Crippen molar-refractivity contribution in [1.82, 2.24) is 5.32 Å². The van der Waals surface area contributed by atoms with Crippen molar-refractivity contribution in [3.63, 3.8) is 0 Å². The Kier molecular flexibility index (Phi) is 2.17. The molecule has 14 heavy (non-hydrogen) atoms.